The number of ether oxygens (including phenoxy) is 2. The van der Waals surface area contributed by atoms with E-state index in [1.165, 1.54) is 72.3 Å². The van der Waals surface area contributed by atoms with E-state index >= 15 is 0 Å². The van der Waals surface area contributed by atoms with Gasteiger partial charge in [-0.05, 0) is 160 Å². The van der Waals surface area contributed by atoms with Gasteiger partial charge in [-0.25, -0.2) is 9.59 Å². The molecule has 0 atom stereocenters. The molecule has 0 saturated carbocycles. The van der Waals surface area contributed by atoms with Crippen LogP contribution in [0.4, 0.5) is 0 Å². The lowest BCUT2D eigenvalue weighted by Gasteiger charge is -2.18. The summed E-state index contributed by atoms with van der Waals surface area (Å²) in [6, 6.07) is 35.8. The zero-order valence-corrected chi connectivity index (χ0v) is 31.5. The zero-order chi connectivity index (χ0) is 38.2. The van der Waals surface area contributed by atoms with Gasteiger partial charge in [0.15, 0.2) is 0 Å². The van der Waals surface area contributed by atoms with Crippen molar-refractivity contribution < 1.29 is 19.1 Å². The van der Waals surface area contributed by atoms with Crippen molar-refractivity contribution in [2.24, 2.45) is 0 Å². The van der Waals surface area contributed by atoms with Gasteiger partial charge >= 0.3 is 11.9 Å². The maximum atomic E-state index is 11.6. The Morgan fingerprint density at radius 2 is 0.926 bits per heavy atom. The van der Waals surface area contributed by atoms with Crippen molar-refractivity contribution in [3.8, 4) is 22.3 Å². The number of allylic oxidation sites excluding steroid dienone is 2. The number of fused-ring (bicyclic) bond motifs is 5. The minimum atomic E-state index is -0.391. The molecule has 6 aromatic carbocycles. The molecule has 0 heterocycles. The van der Waals surface area contributed by atoms with Gasteiger partial charge in [0.05, 0.1) is 13.2 Å². The van der Waals surface area contributed by atoms with Crippen LogP contribution in [0.3, 0.4) is 0 Å². The highest BCUT2D eigenvalue weighted by molar-refractivity contribution is 6.24. The predicted octanol–water partition coefficient (Wildman–Crippen LogP) is 12.7. The maximum Gasteiger partial charge on any atom is 0.330 e. The average molecular weight is 713 g/mol. The number of hydrogen-bond acceptors (Lipinski definition) is 4. The first-order valence-corrected chi connectivity index (χ1v) is 18.7. The predicted molar refractivity (Wildman–Crippen MR) is 227 cm³/mol. The van der Waals surface area contributed by atoms with Gasteiger partial charge in [-0.2, -0.15) is 0 Å². The summed E-state index contributed by atoms with van der Waals surface area (Å²) >= 11 is 0. The number of aryl methyl sites for hydroxylation is 2. The summed E-state index contributed by atoms with van der Waals surface area (Å²) in [6.07, 6.45) is 7.42. The minimum Gasteiger partial charge on any atom is -0.463 e. The lowest BCUT2D eigenvalue weighted by molar-refractivity contribution is -0.138. The van der Waals surface area contributed by atoms with Crippen LogP contribution >= 0.6 is 0 Å². The molecule has 4 nitrogen and oxygen atoms in total. The van der Waals surface area contributed by atoms with Crippen molar-refractivity contribution in [1.82, 2.24) is 0 Å². The molecular weight excluding hydrogens is 665 g/mol. The Bertz CT molecular complexity index is 2350. The van der Waals surface area contributed by atoms with Crippen LogP contribution in [0.2, 0.25) is 0 Å². The molecule has 6 rings (SSSR count). The van der Waals surface area contributed by atoms with E-state index in [4.69, 9.17) is 9.47 Å². The van der Waals surface area contributed by atoms with E-state index in [1.54, 1.807) is 0 Å². The number of hydrogen-bond donors (Lipinski definition) is 0. The van der Waals surface area contributed by atoms with E-state index in [9.17, 15) is 9.59 Å². The van der Waals surface area contributed by atoms with Crippen LogP contribution in [-0.4, -0.2) is 25.2 Å². The Hall–Kier alpha value is -6.00. The lowest BCUT2D eigenvalue weighted by atomic mass is 9.86. The molecule has 0 fully saturated rings. The number of carbonyl (C=O) groups is 2. The van der Waals surface area contributed by atoms with Crippen molar-refractivity contribution in [3.63, 3.8) is 0 Å². The fourth-order valence-corrected chi connectivity index (χ4v) is 7.24. The molecule has 0 N–H and O–H groups in total. The molecule has 6 aromatic rings. The first-order chi connectivity index (χ1) is 26.2. The van der Waals surface area contributed by atoms with Crippen molar-refractivity contribution >= 4 is 55.4 Å². The summed E-state index contributed by atoms with van der Waals surface area (Å²) in [7, 11) is 0. The Morgan fingerprint density at radius 3 is 1.33 bits per heavy atom. The molecule has 272 valence electrons. The smallest absolute Gasteiger partial charge is 0.330 e. The highest BCUT2D eigenvalue weighted by Gasteiger charge is 2.16. The molecule has 0 amide bonds. The number of carbonyl (C=O) groups excluding carboxylic acids is 2. The van der Waals surface area contributed by atoms with E-state index in [0.29, 0.717) is 13.2 Å². The summed E-state index contributed by atoms with van der Waals surface area (Å²) in [5.41, 5.74) is 11.4. The molecule has 0 aromatic heterocycles. The van der Waals surface area contributed by atoms with Crippen LogP contribution in [0.15, 0.2) is 136 Å². The summed E-state index contributed by atoms with van der Waals surface area (Å²) in [6.45, 7) is 20.3. The molecular formula is C50H48O4. The van der Waals surface area contributed by atoms with Crippen LogP contribution in [-0.2, 0) is 31.9 Å². The zero-order valence-electron chi connectivity index (χ0n) is 31.5. The Kier molecular flexibility index (Phi) is 12.0. The van der Waals surface area contributed by atoms with E-state index in [-0.39, 0.29) is 0 Å². The number of esters is 2. The van der Waals surface area contributed by atoms with E-state index < -0.39 is 11.9 Å². The third kappa shape index (κ3) is 8.61. The number of unbranched alkanes of at least 4 members (excludes halogenated alkanes) is 2. The Balaban J connectivity index is 1.47. The maximum absolute atomic E-state index is 11.6. The standard InChI is InChI=1S/C50H48O4/c1-7-49(51)53-23-15-13-17-35-25-36(18-14-16-24-54-50(52)8-2)27-39(26-35)45-31-47-44-22-12-10-20-42(44)46(32-48(47)43-21-11-9-19-41(43)45)40-29-37(33(3)4)28-38(30-40)34(5)6/h7-12,19-22,25-32H,1-3,5,13-18,23-24H2,4,6H3. The van der Waals surface area contributed by atoms with Crippen molar-refractivity contribution in [3.05, 3.63) is 158 Å². The monoisotopic (exact) mass is 712 g/mol. The number of rotatable bonds is 16. The van der Waals surface area contributed by atoms with Crippen LogP contribution < -0.4 is 0 Å². The molecule has 0 aliphatic carbocycles. The third-order valence-electron chi connectivity index (χ3n) is 10.0. The van der Waals surface area contributed by atoms with Gasteiger partial charge in [0, 0.05) is 12.2 Å². The Morgan fingerprint density at radius 1 is 0.519 bits per heavy atom. The molecule has 0 spiro atoms. The second-order valence-corrected chi connectivity index (χ2v) is 14.1. The summed E-state index contributed by atoms with van der Waals surface area (Å²) in [5.74, 6) is -0.782. The van der Waals surface area contributed by atoms with Gasteiger partial charge in [0.1, 0.15) is 0 Å². The van der Waals surface area contributed by atoms with E-state index in [1.807, 2.05) is 0 Å². The largest absolute Gasteiger partial charge is 0.463 e. The average Bonchev–Trinajstić information content (AvgIpc) is 3.19. The van der Waals surface area contributed by atoms with E-state index in [0.717, 1.165) is 66.4 Å². The molecule has 4 heteroatoms. The first kappa shape index (κ1) is 37.7. The molecule has 54 heavy (non-hydrogen) atoms. The highest BCUT2D eigenvalue weighted by Crippen LogP contribution is 2.43. The molecule has 0 aliphatic heterocycles. The SMILES string of the molecule is C=CC(=O)OCCCCc1cc(CCCCOC(=O)C=C)cc(-c2cc3c4ccccc4c(-c4cc(C(=C)C)cc(C(=C)C)c4)cc3c3ccccc23)c1. The van der Waals surface area contributed by atoms with Crippen molar-refractivity contribution in [2.45, 2.75) is 52.4 Å². The summed E-state index contributed by atoms with van der Waals surface area (Å²) < 4.78 is 10.5. The fourth-order valence-electron chi connectivity index (χ4n) is 7.24. The highest BCUT2D eigenvalue weighted by atomic mass is 16.5. The molecule has 0 saturated heterocycles. The van der Waals surface area contributed by atoms with Crippen LogP contribution in [0.5, 0.6) is 0 Å². The van der Waals surface area contributed by atoms with Crippen LogP contribution in [0, 0.1) is 0 Å². The van der Waals surface area contributed by atoms with Gasteiger partial charge in [0.2, 0.25) is 0 Å². The van der Waals surface area contributed by atoms with Crippen LogP contribution in [0.25, 0.3) is 65.7 Å². The van der Waals surface area contributed by atoms with Gasteiger partial charge in [0.25, 0.3) is 0 Å². The van der Waals surface area contributed by atoms with Crippen molar-refractivity contribution in [1.29, 1.82) is 0 Å². The molecule has 0 aliphatic rings. The molecule has 0 radical (unpaired) electrons. The number of benzene rings is 6. The van der Waals surface area contributed by atoms with Gasteiger partial charge in [-0.15, -0.1) is 0 Å². The minimum absolute atomic E-state index is 0.372. The van der Waals surface area contributed by atoms with Crippen LogP contribution in [0.1, 0.15) is 61.8 Å². The molecule has 0 unspecified atom stereocenters. The van der Waals surface area contributed by atoms with Gasteiger partial charge in [-0.3, -0.25) is 0 Å². The van der Waals surface area contributed by atoms with Crippen molar-refractivity contribution in [2.75, 3.05) is 13.2 Å². The van der Waals surface area contributed by atoms with Gasteiger partial charge < -0.3 is 9.47 Å². The first-order valence-electron chi connectivity index (χ1n) is 18.7. The second kappa shape index (κ2) is 17.2. The topological polar surface area (TPSA) is 52.6 Å². The Labute approximate surface area is 319 Å². The summed E-state index contributed by atoms with van der Waals surface area (Å²) in [4.78, 5) is 23.1. The third-order valence-corrected chi connectivity index (χ3v) is 10.0. The lowest BCUT2D eigenvalue weighted by Crippen LogP contribution is -2.03. The van der Waals surface area contributed by atoms with Gasteiger partial charge in [-0.1, -0.05) is 104 Å². The molecule has 0 bridgehead atoms. The quantitative estimate of drug-likeness (QED) is 0.0434. The summed E-state index contributed by atoms with van der Waals surface area (Å²) in [5, 5.41) is 7.21. The fraction of sp³-hybridized carbons (Fsp3) is 0.200. The van der Waals surface area contributed by atoms with E-state index in [2.05, 4.69) is 137 Å². The normalized spacial score (nSPS) is 11.1. The second-order valence-electron chi connectivity index (χ2n) is 14.1.